The second-order valence-electron chi connectivity index (χ2n) is 5.23. The lowest BCUT2D eigenvalue weighted by Crippen LogP contribution is -2.18. The number of hydrogen-bond donors (Lipinski definition) is 0. The van der Waals surface area contributed by atoms with E-state index in [2.05, 4.69) is 48.9 Å². The van der Waals surface area contributed by atoms with Gasteiger partial charge in [-0.05, 0) is 12.1 Å². The summed E-state index contributed by atoms with van der Waals surface area (Å²) in [5, 5.41) is 0. The molecule has 20 heavy (non-hydrogen) atoms. The fourth-order valence-corrected chi connectivity index (χ4v) is 3.29. The zero-order valence-electron chi connectivity index (χ0n) is 11.0. The molecular weight excluding hydrogens is 250 g/mol. The van der Waals surface area contributed by atoms with E-state index in [9.17, 15) is 0 Å². The average molecular weight is 262 g/mol. The second kappa shape index (κ2) is 3.25. The lowest BCUT2D eigenvalue weighted by molar-refractivity contribution is -0.480. The molecule has 5 heteroatoms. The number of aryl methyl sites for hydroxylation is 1. The molecular formula is C15H12N5+. The van der Waals surface area contributed by atoms with Gasteiger partial charge < -0.3 is 0 Å². The van der Waals surface area contributed by atoms with E-state index < -0.39 is 0 Å². The van der Waals surface area contributed by atoms with Crippen LogP contribution in [0.15, 0.2) is 43.1 Å². The maximum absolute atomic E-state index is 4.26. The molecule has 0 aromatic carbocycles. The van der Waals surface area contributed by atoms with E-state index in [1.807, 2.05) is 24.8 Å². The smallest absolute Gasteiger partial charge is 0.264 e. The van der Waals surface area contributed by atoms with Gasteiger partial charge in [-0.3, -0.25) is 9.97 Å². The van der Waals surface area contributed by atoms with Crippen molar-refractivity contribution in [2.75, 3.05) is 0 Å². The van der Waals surface area contributed by atoms with Gasteiger partial charge in [0.05, 0.1) is 19.8 Å². The Hall–Kier alpha value is -2.69. The Bertz CT molecular complexity index is 992. The lowest BCUT2D eigenvalue weighted by atomic mass is 10.1. The minimum atomic E-state index is 0.904. The maximum atomic E-state index is 4.26. The fourth-order valence-electron chi connectivity index (χ4n) is 3.29. The molecule has 0 N–H and O–H groups in total. The SMILES string of the molecule is Cn1c2cnccc2[n+]2cc3n(c12)Cc1ccncc1-3. The Kier molecular flexibility index (Phi) is 1.65. The molecule has 5 heterocycles. The number of rotatable bonds is 0. The Morgan fingerprint density at radius 1 is 1.15 bits per heavy atom. The van der Waals surface area contributed by atoms with Gasteiger partial charge in [-0.15, -0.1) is 0 Å². The largest absolute Gasteiger partial charge is 0.370 e. The third-order valence-electron chi connectivity index (χ3n) is 4.21. The molecule has 5 rings (SSSR count). The molecule has 0 aliphatic carbocycles. The van der Waals surface area contributed by atoms with Crippen molar-refractivity contribution >= 4 is 16.8 Å². The second-order valence-corrected chi connectivity index (χ2v) is 5.23. The zero-order valence-corrected chi connectivity index (χ0v) is 11.0. The summed E-state index contributed by atoms with van der Waals surface area (Å²) >= 11 is 0. The minimum absolute atomic E-state index is 0.904. The van der Waals surface area contributed by atoms with E-state index >= 15 is 0 Å². The summed E-state index contributed by atoms with van der Waals surface area (Å²) in [4.78, 5) is 8.48. The number of hydrogen-bond acceptors (Lipinski definition) is 2. The summed E-state index contributed by atoms with van der Waals surface area (Å²) in [5.74, 6) is 1.18. The highest BCUT2D eigenvalue weighted by Gasteiger charge is 2.30. The van der Waals surface area contributed by atoms with Crippen LogP contribution < -0.4 is 4.40 Å². The van der Waals surface area contributed by atoms with E-state index in [1.54, 1.807) is 0 Å². The highest BCUT2D eigenvalue weighted by molar-refractivity contribution is 5.76. The van der Waals surface area contributed by atoms with Gasteiger partial charge in [0.2, 0.25) is 0 Å². The number of aromatic nitrogens is 5. The van der Waals surface area contributed by atoms with E-state index in [0.717, 1.165) is 12.1 Å². The van der Waals surface area contributed by atoms with Crippen molar-refractivity contribution in [1.82, 2.24) is 19.1 Å². The number of fused-ring (bicyclic) bond motifs is 7. The van der Waals surface area contributed by atoms with Gasteiger partial charge in [-0.2, -0.15) is 4.40 Å². The predicted molar refractivity (Wildman–Crippen MR) is 74.2 cm³/mol. The minimum Gasteiger partial charge on any atom is -0.264 e. The highest BCUT2D eigenvalue weighted by atomic mass is 15.3. The molecule has 4 aromatic heterocycles. The first-order valence-electron chi connectivity index (χ1n) is 6.61. The predicted octanol–water partition coefficient (Wildman–Crippen LogP) is 1.54. The molecule has 0 amide bonds. The third kappa shape index (κ3) is 1.02. The van der Waals surface area contributed by atoms with Gasteiger partial charge in [-0.1, -0.05) is 0 Å². The zero-order chi connectivity index (χ0) is 13.3. The Balaban J connectivity index is 1.97. The molecule has 1 aliphatic rings. The Morgan fingerprint density at radius 3 is 2.95 bits per heavy atom. The van der Waals surface area contributed by atoms with Gasteiger partial charge in [0, 0.05) is 29.7 Å². The summed E-state index contributed by atoms with van der Waals surface area (Å²) < 4.78 is 6.78. The fraction of sp³-hybridized carbons (Fsp3) is 0.133. The van der Waals surface area contributed by atoms with Gasteiger partial charge in [0.1, 0.15) is 17.4 Å². The first kappa shape index (κ1) is 10.1. The van der Waals surface area contributed by atoms with Crippen LogP contribution in [0.2, 0.25) is 0 Å². The van der Waals surface area contributed by atoms with Crippen molar-refractivity contribution in [3.63, 3.8) is 0 Å². The normalized spacial score (nSPS) is 13.1. The van der Waals surface area contributed by atoms with E-state index in [4.69, 9.17) is 0 Å². The van der Waals surface area contributed by atoms with Crippen LogP contribution in [0.25, 0.3) is 28.1 Å². The van der Waals surface area contributed by atoms with Crippen molar-refractivity contribution < 1.29 is 4.40 Å². The molecule has 4 aromatic rings. The van der Waals surface area contributed by atoms with E-state index in [-0.39, 0.29) is 0 Å². The van der Waals surface area contributed by atoms with Crippen LogP contribution >= 0.6 is 0 Å². The molecule has 0 saturated carbocycles. The summed E-state index contributed by atoms with van der Waals surface area (Å²) in [7, 11) is 2.09. The van der Waals surface area contributed by atoms with Crippen molar-refractivity contribution in [1.29, 1.82) is 0 Å². The molecule has 0 radical (unpaired) electrons. The van der Waals surface area contributed by atoms with Gasteiger partial charge in [-0.25, -0.2) is 9.13 Å². The molecule has 0 fully saturated rings. The van der Waals surface area contributed by atoms with Gasteiger partial charge in [0.25, 0.3) is 0 Å². The summed E-state index contributed by atoms with van der Waals surface area (Å²) in [6.45, 7) is 0.904. The average Bonchev–Trinajstić information content (AvgIpc) is 3.09. The molecule has 96 valence electrons. The maximum Gasteiger partial charge on any atom is 0.370 e. The molecule has 0 atom stereocenters. The van der Waals surface area contributed by atoms with Crippen LogP contribution in [0, 0.1) is 0 Å². The number of imidazole rings is 2. The monoisotopic (exact) mass is 262 g/mol. The first-order valence-corrected chi connectivity index (χ1v) is 6.61. The third-order valence-corrected chi connectivity index (χ3v) is 4.21. The van der Waals surface area contributed by atoms with Crippen molar-refractivity contribution in [2.24, 2.45) is 7.05 Å². The highest BCUT2D eigenvalue weighted by Crippen LogP contribution is 2.32. The van der Waals surface area contributed by atoms with Crippen molar-refractivity contribution in [3.05, 3.63) is 48.7 Å². The summed E-state index contributed by atoms with van der Waals surface area (Å²) in [5.41, 5.74) is 6.13. The van der Waals surface area contributed by atoms with Crippen LogP contribution in [-0.2, 0) is 13.6 Å². The molecule has 0 bridgehead atoms. The molecule has 5 nitrogen and oxygen atoms in total. The summed E-state index contributed by atoms with van der Waals surface area (Å²) in [6, 6.07) is 4.16. The Labute approximate surface area is 114 Å². The number of pyridine rings is 2. The van der Waals surface area contributed by atoms with Crippen molar-refractivity contribution in [2.45, 2.75) is 6.54 Å². The first-order chi connectivity index (χ1) is 9.84. The quantitative estimate of drug-likeness (QED) is 0.397. The van der Waals surface area contributed by atoms with E-state index in [0.29, 0.717) is 0 Å². The standard InChI is InChI=1S/C15H12N5/c1-18-13-7-17-5-3-12(13)20-9-14-11-6-16-4-2-10(11)8-19(14)15(18)20/h2-7,9H,8H2,1H3/q+1. The molecule has 0 unspecified atom stereocenters. The van der Waals surface area contributed by atoms with Crippen LogP contribution in [-0.4, -0.2) is 19.1 Å². The molecule has 0 saturated heterocycles. The molecule has 1 aliphatic heterocycles. The van der Waals surface area contributed by atoms with E-state index in [1.165, 1.54) is 28.1 Å². The topological polar surface area (TPSA) is 39.7 Å². The number of nitrogens with zero attached hydrogens (tertiary/aromatic N) is 5. The van der Waals surface area contributed by atoms with Crippen LogP contribution in [0.4, 0.5) is 0 Å². The van der Waals surface area contributed by atoms with Gasteiger partial charge in [0.15, 0.2) is 5.52 Å². The van der Waals surface area contributed by atoms with Crippen LogP contribution in [0.5, 0.6) is 0 Å². The molecule has 0 spiro atoms. The Morgan fingerprint density at radius 2 is 2.00 bits per heavy atom. The lowest BCUT2D eigenvalue weighted by Gasteiger charge is -1.93. The van der Waals surface area contributed by atoms with Crippen LogP contribution in [0.3, 0.4) is 0 Å². The van der Waals surface area contributed by atoms with Gasteiger partial charge >= 0.3 is 5.78 Å². The summed E-state index contributed by atoms with van der Waals surface area (Å²) in [6.07, 6.45) is 9.77. The van der Waals surface area contributed by atoms with Crippen LogP contribution in [0.1, 0.15) is 5.56 Å². The van der Waals surface area contributed by atoms with Crippen molar-refractivity contribution in [3.8, 4) is 11.3 Å².